The van der Waals surface area contributed by atoms with Crippen LogP contribution >= 0.6 is 0 Å². The number of esters is 1. The van der Waals surface area contributed by atoms with Crippen molar-refractivity contribution in [3.8, 4) is 0 Å². The number of ether oxygens (including phenoxy) is 1. The van der Waals surface area contributed by atoms with E-state index < -0.39 is 23.8 Å². The zero-order chi connectivity index (χ0) is 19.2. The molecule has 0 saturated carbocycles. The predicted molar refractivity (Wildman–Crippen MR) is 96.6 cm³/mol. The fourth-order valence-corrected chi connectivity index (χ4v) is 3.23. The van der Waals surface area contributed by atoms with Crippen molar-refractivity contribution in [3.05, 3.63) is 32.7 Å². The highest BCUT2D eigenvalue weighted by molar-refractivity contribution is 5.76. The maximum atomic E-state index is 12.9. The number of hydrogen-bond donors (Lipinski definition) is 0. The first kappa shape index (κ1) is 18.0. The molecule has 3 rings (SSSR count). The van der Waals surface area contributed by atoms with Gasteiger partial charge in [0.25, 0.3) is 5.56 Å². The van der Waals surface area contributed by atoms with E-state index in [1.807, 2.05) is 17.7 Å². The van der Waals surface area contributed by atoms with Gasteiger partial charge in [-0.1, -0.05) is 6.92 Å². The van der Waals surface area contributed by atoms with Crippen LogP contribution in [0, 0.1) is 6.92 Å². The molecule has 0 unspecified atom stereocenters. The van der Waals surface area contributed by atoms with Gasteiger partial charge in [-0.2, -0.15) is 4.98 Å². The molecule has 0 aliphatic rings. The van der Waals surface area contributed by atoms with Gasteiger partial charge in [0.1, 0.15) is 6.54 Å². The van der Waals surface area contributed by atoms with Crippen LogP contribution in [0.25, 0.3) is 16.9 Å². The topological polar surface area (TPSA) is 92.5 Å². The summed E-state index contributed by atoms with van der Waals surface area (Å²) >= 11 is 0. The number of aryl methyl sites for hydroxylation is 2. The lowest BCUT2D eigenvalue weighted by Gasteiger charge is -2.12. The zero-order valence-corrected chi connectivity index (χ0v) is 15.6. The van der Waals surface area contributed by atoms with Gasteiger partial charge in [-0.3, -0.25) is 18.6 Å². The van der Waals surface area contributed by atoms with E-state index in [4.69, 9.17) is 4.74 Å². The van der Waals surface area contributed by atoms with Crippen molar-refractivity contribution in [2.75, 3.05) is 6.61 Å². The van der Waals surface area contributed by atoms with Crippen molar-refractivity contribution in [2.24, 2.45) is 7.05 Å². The van der Waals surface area contributed by atoms with Gasteiger partial charge in [0.15, 0.2) is 11.2 Å². The molecule has 26 heavy (non-hydrogen) atoms. The molecular weight excluding hydrogens is 338 g/mol. The highest BCUT2D eigenvalue weighted by atomic mass is 16.5. The zero-order valence-electron chi connectivity index (χ0n) is 15.6. The van der Waals surface area contributed by atoms with Gasteiger partial charge in [0, 0.05) is 25.0 Å². The van der Waals surface area contributed by atoms with Crippen LogP contribution in [0.3, 0.4) is 0 Å². The van der Waals surface area contributed by atoms with Gasteiger partial charge >= 0.3 is 11.7 Å². The second-order valence-electron chi connectivity index (χ2n) is 6.39. The molecule has 0 N–H and O–H groups in total. The largest absolute Gasteiger partial charge is 0.465 e. The summed E-state index contributed by atoms with van der Waals surface area (Å²) in [6.07, 6.45) is 2.73. The molecule has 0 bridgehead atoms. The Hall–Kier alpha value is -2.84. The van der Waals surface area contributed by atoms with Crippen LogP contribution in [0.15, 0.2) is 15.8 Å². The molecular formula is C17H23N5O4. The fraction of sp³-hybridized carbons (Fsp3) is 0.529. The first-order valence-corrected chi connectivity index (χ1v) is 8.66. The van der Waals surface area contributed by atoms with Crippen LogP contribution in [0.2, 0.25) is 0 Å². The number of rotatable bonds is 5. The molecule has 3 heterocycles. The Morgan fingerprint density at radius 3 is 2.62 bits per heavy atom. The van der Waals surface area contributed by atoms with Gasteiger partial charge in [-0.05, 0) is 27.2 Å². The van der Waals surface area contributed by atoms with E-state index >= 15 is 0 Å². The summed E-state index contributed by atoms with van der Waals surface area (Å²) in [6.45, 7) is 7.53. The van der Waals surface area contributed by atoms with E-state index in [-0.39, 0.29) is 18.2 Å². The lowest BCUT2D eigenvalue weighted by Crippen LogP contribution is -2.41. The van der Waals surface area contributed by atoms with Gasteiger partial charge in [-0.25, -0.2) is 9.36 Å². The minimum Gasteiger partial charge on any atom is -0.465 e. The Balaban J connectivity index is 2.35. The third-order valence-electron chi connectivity index (χ3n) is 4.69. The van der Waals surface area contributed by atoms with E-state index in [9.17, 15) is 14.4 Å². The molecule has 0 radical (unpaired) electrons. The van der Waals surface area contributed by atoms with Crippen LogP contribution in [0.1, 0.15) is 38.9 Å². The van der Waals surface area contributed by atoms with Crippen LogP contribution in [-0.4, -0.2) is 35.7 Å². The molecule has 3 aromatic rings. The summed E-state index contributed by atoms with van der Waals surface area (Å²) in [5.41, 5.74) is 0.394. The van der Waals surface area contributed by atoms with Gasteiger partial charge in [-0.15, -0.1) is 0 Å². The van der Waals surface area contributed by atoms with Gasteiger partial charge in [0.2, 0.25) is 5.78 Å². The van der Waals surface area contributed by atoms with Gasteiger partial charge in [0.05, 0.1) is 6.61 Å². The molecule has 0 spiro atoms. The van der Waals surface area contributed by atoms with Crippen molar-refractivity contribution in [2.45, 2.75) is 46.7 Å². The second-order valence-corrected chi connectivity index (χ2v) is 6.39. The molecule has 9 nitrogen and oxygen atoms in total. The molecule has 0 amide bonds. The minimum atomic E-state index is -0.625. The maximum absolute atomic E-state index is 12.9. The first-order chi connectivity index (χ1) is 12.3. The third-order valence-corrected chi connectivity index (χ3v) is 4.69. The van der Waals surface area contributed by atoms with Crippen molar-refractivity contribution < 1.29 is 9.53 Å². The Kier molecular flexibility index (Phi) is 4.47. The number of carbonyl (C=O) groups is 1. The number of aromatic nitrogens is 5. The maximum Gasteiger partial charge on any atom is 0.333 e. The SMILES string of the molecule is CCOC(=O)Cn1c(=O)c2c(nc3n([C@H](C)CC)c(C)cn23)n(C)c1=O. The number of carbonyl (C=O) groups excluding carboxylic acids is 1. The first-order valence-electron chi connectivity index (χ1n) is 8.66. The van der Waals surface area contributed by atoms with Crippen molar-refractivity contribution in [3.63, 3.8) is 0 Å². The average molecular weight is 361 g/mol. The van der Waals surface area contributed by atoms with Crippen molar-refractivity contribution >= 4 is 22.9 Å². The Morgan fingerprint density at radius 1 is 1.31 bits per heavy atom. The summed E-state index contributed by atoms with van der Waals surface area (Å²) in [5.74, 6) is -0.0204. The van der Waals surface area contributed by atoms with Crippen molar-refractivity contribution in [1.29, 1.82) is 0 Å². The van der Waals surface area contributed by atoms with E-state index in [1.165, 1.54) is 4.57 Å². The number of hydrogen-bond acceptors (Lipinski definition) is 5. The normalized spacial score (nSPS) is 12.8. The number of imidazole rings is 2. The standard InChI is InChI=1S/C17H23N5O4/c1-6-10(3)22-11(4)8-20-13-14(18-16(20)22)19(5)17(25)21(15(13)24)9-12(23)26-7-2/h8,10H,6-7,9H2,1-5H3/t10-/m1/s1. The van der Waals surface area contributed by atoms with E-state index in [2.05, 4.69) is 18.8 Å². The Morgan fingerprint density at radius 2 is 2.00 bits per heavy atom. The average Bonchev–Trinajstić information content (AvgIpc) is 3.11. The number of fused-ring (bicyclic) bond motifs is 3. The third kappa shape index (κ3) is 2.54. The molecule has 9 heteroatoms. The molecule has 0 fully saturated rings. The molecule has 3 aromatic heterocycles. The highest BCUT2D eigenvalue weighted by Gasteiger charge is 2.22. The lowest BCUT2D eigenvalue weighted by atomic mass is 10.2. The monoisotopic (exact) mass is 361 g/mol. The quantitative estimate of drug-likeness (QED) is 0.632. The Bertz CT molecular complexity index is 1110. The van der Waals surface area contributed by atoms with Crippen molar-refractivity contribution in [1.82, 2.24) is 23.1 Å². The molecule has 0 saturated heterocycles. The van der Waals surface area contributed by atoms with Crippen LogP contribution in [0.5, 0.6) is 0 Å². The molecule has 1 atom stereocenters. The summed E-state index contributed by atoms with van der Waals surface area (Å²) < 4.78 is 10.8. The second kappa shape index (κ2) is 6.47. The Labute approximate surface area is 149 Å². The van der Waals surface area contributed by atoms with E-state index in [0.717, 1.165) is 16.7 Å². The van der Waals surface area contributed by atoms with E-state index in [0.29, 0.717) is 11.4 Å². The van der Waals surface area contributed by atoms with E-state index in [1.54, 1.807) is 18.4 Å². The van der Waals surface area contributed by atoms with Crippen LogP contribution in [0.4, 0.5) is 0 Å². The summed E-state index contributed by atoms with van der Waals surface area (Å²) in [5, 5.41) is 0. The summed E-state index contributed by atoms with van der Waals surface area (Å²) in [6, 6.07) is 0.197. The predicted octanol–water partition coefficient (Wildman–Crippen LogP) is 0.992. The smallest absolute Gasteiger partial charge is 0.333 e. The van der Waals surface area contributed by atoms with Crippen LogP contribution in [-0.2, 0) is 23.1 Å². The fourth-order valence-electron chi connectivity index (χ4n) is 3.23. The van der Waals surface area contributed by atoms with Gasteiger partial charge < -0.3 is 9.30 Å². The highest BCUT2D eigenvalue weighted by Crippen LogP contribution is 2.22. The molecule has 0 aliphatic carbocycles. The minimum absolute atomic E-state index is 0.185. The molecule has 140 valence electrons. The lowest BCUT2D eigenvalue weighted by molar-refractivity contribution is -0.143. The van der Waals surface area contributed by atoms with Crippen LogP contribution < -0.4 is 11.2 Å². The summed E-state index contributed by atoms with van der Waals surface area (Å²) in [4.78, 5) is 41.8. The molecule has 0 aromatic carbocycles. The molecule has 0 aliphatic heterocycles. The number of nitrogens with zero attached hydrogens (tertiary/aromatic N) is 5. The summed E-state index contributed by atoms with van der Waals surface area (Å²) in [7, 11) is 1.54.